The van der Waals surface area contributed by atoms with Crippen LogP contribution in [0.4, 0.5) is 0 Å². The van der Waals surface area contributed by atoms with Gasteiger partial charge in [-0.1, -0.05) is 0 Å². The molecule has 2 aliphatic rings. The second-order valence-corrected chi connectivity index (χ2v) is 6.19. The van der Waals surface area contributed by atoms with Crippen LogP contribution in [0.3, 0.4) is 0 Å². The van der Waals surface area contributed by atoms with E-state index in [-0.39, 0.29) is 0 Å². The minimum absolute atomic E-state index is 0.736. The number of rotatable bonds is 0. The van der Waals surface area contributed by atoms with Gasteiger partial charge in [0, 0.05) is 12.8 Å². The Labute approximate surface area is 88.5 Å². The molecule has 0 aliphatic carbocycles. The third-order valence-electron chi connectivity index (χ3n) is 4.54. The Kier molecular flexibility index (Phi) is 2.61. The van der Waals surface area contributed by atoms with Crippen LogP contribution in [0.1, 0.15) is 25.7 Å². The van der Waals surface area contributed by atoms with Gasteiger partial charge in [-0.15, -0.1) is 0 Å². The van der Waals surface area contributed by atoms with Crippen LogP contribution in [0.5, 0.6) is 0 Å². The highest BCUT2D eigenvalue weighted by Gasteiger charge is 2.40. The molecule has 0 aromatic carbocycles. The number of hydrogen-bond acceptors (Lipinski definition) is 1. The van der Waals surface area contributed by atoms with Gasteiger partial charge in [-0.25, -0.2) is 0 Å². The number of quaternary nitrogens is 1. The average Bonchev–Trinajstić information content (AvgIpc) is 2.16. The fourth-order valence-electron chi connectivity index (χ4n) is 2.91. The maximum Gasteiger partial charge on any atom is 0.0787 e. The second-order valence-electron chi connectivity index (χ2n) is 6.19. The van der Waals surface area contributed by atoms with Gasteiger partial charge in [-0.05, 0) is 38.4 Å². The largest absolute Gasteiger partial charge is 0.328 e. The molecule has 2 heteroatoms. The monoisotopic (exact) mass is 197 g/mol. The third kappa shape index (κ3) is 2.12. The molecule has 0 amide bonds. The van der Waals surface area contributed by atoms with E-state index in [0.29, 0.717) is 0 Å². The zero-order chi connectivity index (χ0) is 10.2. The highest BCUT2D eigenvalue weighted by Crippen LogP contribution is 2.41. The molecule has 0 bridgehead atoms. The van der Waals surface area contributed by atoms with Gasteiger partial charge in [0.1, 0.15) is 0 Å². The van der Waals surface area contributed by atoms with Crippen molar-refractivity contribution >= 4 is 0 Å². The van der Waals surface area contributed by atoms with Crippen LogP contribution in [0.15, 0.2) is 0 Å². The van der Waals surface area contributed by atoms with Gasteiger partial charge in [0.05, 0.1) is 27.2 Å². The molecule has 0 aromatic rings. The molecule has 14 heavy (non-hydrogen) atoms. The van der Waals surface area contributed by atoms with Gasteiger partial charge in [-0.3, -0.25) is 0 Å². The van der Waals surface area contributed by atoms with Crippen molar-refractivity contribution in [3.8, 4) is 0 Å². The van der Waals surface area contributed by atoms with Crippen molar-refractivity contribution in [3.05, 3.63) is 0 Å². The Morgan fingerprint density at radius 2 is 1.43 bits per heavy atom. The molecule has 2 fully saturated rings. The quantitative estimate of drug-likeness (QED) is 0.533. The summed E-state index contributed by atoms with van der Waals surface area (Å²) in [5, 5.41) is 0. The average molecular weight is 197 g/mol. The van der Waals surface area contributed by atoms with Gasteiger partial charge in [-0.2, -0.15) is 0 Å². The first kappa shape index (κ1) is 10.4. The van der Waals surface area contributed by atoms with E-state index in [9.17, 15) is 0 Å². The molecule has 2 rings (SSSR count). The smallest absolute Gasteiger partial charge is 0.0787 e. The highest BCUT2D eigenvalue weighted by atomic mass is 15.3. The summed E-state index contributed by atoms with van der Waals surface area (Å²) in [6, 6.07) is 0. The Morgan fingerprint density at radius 3 is 1.93 bits per heavy atom. The predicted octanol–water partition coefficient (Wildman–Crippen LogP) is 1.57. The standard InChI is InChI=1S/C12H25N2/c1-13-8-4-12(5-9-13)6-10-14(2,3)11-7-12/h4-11H2,1-3H3/q+1. The van der Waals surface area contributed by atoms with Crippen molar-refractivity contribution in [3.63, 3.8) is 0 Å². The lowest BCUT2D eigenvalue weighted by Crippen LogP contribution is -2.52. The Bertz CT molecular complexity index is 190. The van der Waals surface area contributed by atoms with Gasteiger partial charge in [0.15, 0.2) is 0 Å². The summed E-state index contributed by atoms with van der Waals surface area (Å²) in [6.45, 7) is 5.44. The lowest BCUT2D eigenvalue weighted by Gasteiger charge is -2.48. The molecule has 2 saturated heterocycles. The normalized spacial score (nSPS) is 31.9. The summed E-state index contributed by atoms with van der Waals surface area (Å²) in [6.07, 6.45) is 5.83. The van der Waals surface area contributed by atoms with Crippen molar-refractivity contribution in [2.75, 3.05) is 47.3 Å². The van der Waals surface area contributed by atoms with Gasteiger partial charge >= 0.3 is 0 Å². The minimum Gasteiger partial charge on any atom is -0.328 e. The molecule has 0 unspecified atom stereocenters. The lowest BCUT2D eigenvalue weighted by atomic mass is 9.71. The van der Waals surface area contributed by atoms with Gasteiger partial charge < -0.3 is 9.38 Å². The molecule has 2 aliphatic heterocycles. The first-order valence-electron chi connectivity index (χ1n) is 6.02. The first-order valence-corrected chi connectivity index (χ1v) is 6.02. The van der Waals surface area contributed by atoms with Gasteiger partial charge in [0.25, 0.3) is 0 Å². The number of nitrogens with zero attached hydrogens (tertiary/aromatic N) is 2. The molecule has 0 N–H and O–H groups in total. The number of piperidine rings is 2. The maximum atomic E-state index is 2.49. The first-order chi connectivity index (χ1) is 6.52. The van der Waals surface area contributed by atoms with Crippen LogP contribution < -0.4 is 0 Å². The third-order valence-corrected chi connectivity index (χ3v) is 4.54. The fraction of sp³-hybridized carbons (Fsp3) is 1.00. The van der Waals surface area contributed by atoms with E-state index >= 15 is 0 Å². The molecule has 2 heterocycles. The van der Waals surface area contributed by atoms with E-state index in [0.717, 1.165) is 5.41 Å². The summed E-state index contributed by atoms with van der Waals surface area (Å²) < 4.78 is 1.25. The predicted molar refractivity (Wildman–Crippen MR) is 60.2 cm³/mol. The van der Waals surface area contributed by atoms with E-state index in [2.05, 4.69) is 26.0 Å². The summed E-state index contributed by atoms with van der Waals surface area (Å²) >= 11 is 0. The van der Waals surface area contributed by atoms with Crippen molar-refractivity contribution < 1.29 is 4.48 Å². The van der Waals surface area contributed by atoms with Crippen LogP contribution in [0.2, 0.25) is 0 Å². The van der Waals surface area contributed by atoms with E-state index in [1.165, 1.54) is 56.3 Å². The van der Waals surface area contributed by atoms with Crippen LogP contribution >= 0.6 is 0 Å². The molecular weight excluding hydrogens is 172 g/mol. The zero-order valence-electron chi connectivity index (χ0n) is 10.1. The van der Waals surface area contributed by atoms with Crippen molar-refractivity contribution in [2.24, 2.45) is 5.41 Å². The fourth-order valence-corrected chi connectivity index (χ4v) is 2.91. The molecule has 0 radical (unpaired) electrons. The molecular formula is C12H25N2+. The van der Waals surface area contributed by atoms with E-state index in [4.69, 9.17) is 0 Å². The molecule has 2 nitrogen and oxygen atoms in total. The topological polar surface area (TPSA) is 3.24 Å². The van der Waals surface area contributed by atoms with E-state index in [1.54, 1.807) is 0 Å². The number of hydrogen-bond donors (Lipinski definition) is 0. The molecule has 0 atom stereocenters. The van der Waals surface area contributed by atoms with E-state index in [1.807, 2.05) is 0 Å². The Morgan fingerprint density at radius 1 is 0.929 bits per heavy atom. The lowest BCUT2D eigenvalue weighted by molar-refractivity contribution is -0.897. The molecule has 1 spiro atoms. The Balaban J connectivity index is 1.93. The molecule has 0 saturated carbocycles. The van der Waals surface area contributed by atoms with Crippen LogP contribution in [0.25, 0.3) is 0 Å². The van der Waals surface area contributed by atoms with Crippen molar-refractivity contribution in [1.82, 2.24) is 4.90 Å². The molecule has 0 aromatic heterocycles. The summed E-state index contributed by atoms with van der Waals surface area (Å²) in [4.78, 5) is 2.49. The van der Waals surface area contributed by atoms with Crippen molar-refractivity contribution in [2.45, 2.75) is 25.7 Å². The minimum atomic E-state index is 0.736. The maximum absolute atomic E-state index is 2.49. The Hall–Kier alpha value is -0.0800. The van der Waals surface area contributed by atoms with Crippen LogP contribution in [-0.4, -0.2) is 56.7 Å². The summed E-state index contributed by atoms with van der Waals surface area (Å²) in [5.41, 5.74) is 0.736. The van der Waals surface area contributed by atoms with Crippen LogP contribution in [-0.2, 0) is 0 Å². The summed E-state index contributed by atoms with van der Waals surface area (Å²) in [7, 11) is 7.01. The zero-order valence-corrected chi connectivity index (χ0v) is 10.1. The second kappa shape index (κ2) is 3.49. The van der Waals surface area contributed by atoms with E-state index < -0.39 is 0 Å². The summed E-state index contributed by atoms with van der Waals surface area (Å²) in [5.74, 6) is 0. The van der Waals surface area contributed by atoms with Crippen LogP contribution in [0, 0.1) is 5.41 Å². The van der Waals surface area contributed by atoms with Gasteiger partial charge in [0.2, 0.25) is 0 Å². The number of likely N-dealkylation sites (tertiary alicyclic amines) is 2. The highest BCUT2D eigenvalue weighted by molar-refractivity contribution is 4.86. The van der Waals surface area contributed by atoms with Crippen molar-refractivity contribution in [1.29, 1.82) is 0 Å². The SMILES string of the molecule is CN1CCC2(CC1)CC[N+](C)(C)CC2. The molecule has 82 valence electrons.